The first kappa shape index (κ1) is 24.6. The van der Waals surface area contributed by atoms with Gasteiger partial charge in [-0.1, -0.05) is 18.6 Å². The van der Waals surface area contributed by atoms with Crippen LogP contribution in [0.3, 0.4) is 0 Å². The van der Waals surface area contributed by atoms with Crippen molar-refractivity contribution in [2.75, 3.05) is 13.2 Å². The van der Waals surface area contributed by atoms with E-state index < -0.39 is 0 Å². The second kappa shape index (κ2) is 10.2. The molecule has 5 fully saturated rings. The van der Waals surface area contributed by atoms with E-state index in [1.807, 2.05) is 0 Å². The fourth-order valence-corrected chi connectivity index (χ4v) is 9.28. The molecule has 6 aliphatic rings. The average molecular weight is 487 g/mol. The van der Waals surface area contributed by atoms with Crippen LogP contribution in [0.5, 0.6) is 0 Å². The largest absolute Gasteiger partial charge is 0.353 e. The van der Waals surface area contributed by atoms with Crippen LogP contribution in [0.4, 0.5) is 0 Å². The lowest BCUT2D eigenvalue weighted by Crippen LogP contribution is -2.53. The summed E-state index contributed by atoms with van der Waals surface area (Å²) in [6.07, 6.45) is 21.0. The van der Waals surface area contributed by atoms with Gasteiger partial charge in [-0.2, -0.15) is 0 Å². The van der Waals surface area contributed by atoms with Crippen LogP contribution in [-0.2, 0) is 23.7 Å². The topological polar surface area (TPSA) is 54.0 Å². The smallest absolute Gasteiger partial charge is 0.157 e. The predicted molar refractivity (Wildman–Crippen MR) is 134 cm³/mol. The van der Waals surface area contributed by atoms with Gasteiger partial charge >= 0.3 is 0 Å². The maximum Gasteiger partial charge on any atom is 0.157 e. The molecule has 196 valence electrons. The van der Waals surface area contributed by atoms with Crippen LogP contribution in [0, 0.1) is 28.6 Å². The first-order valence-electron chi connectivity index (χ1n) is 14.8. The third-order valence-corrected chi connectivity index (χ3v) is 11.1. The number of aldehydes is 1. The molecule has 2 heterocycles. The Kier molecular flexibility index (Phi) is 7.16. The molecule has 3 saturated carbocycles. The van der Waals surface area contributed by atoms with Gasteiger partial charge in [0.15, 0.2) is 12.6 Å². The molecule has 0 spiro atoms. The highest BCUT2D eigenvalue weighted by atomic mass is 16.7. The minimum absolute atomic E-state index is 0.00438. The Morgan fingerprint density at radius 3 is 2.40 bits per heavy atom. The number of rotatable bonds is 6. The summed E-state index contributed by atoms with van der Waals surface area (Å²) in [7, 11) is 0. The zero-order valence-electron chi connectivity index (χ0n) is 21.8. The molecule has 0 radical (unpaired) electrons. The van der Waals surface area contributed by atoms with Gasteiger partial charge in [-0.05, 0) is 113 Å². The second-order valence-corrected chi connectivity index (χ2v) is 12.7. The molecule has 0 bridgehead atoms. The highest BCUT2D eigenvalue weighted by Crippen LogP contribution is 2.66. The Morgan fingerprint density at radius 1 is 0.914 bits per heavy atom. The molecular formula is C30H46O5. The van der Waals surface area contributed by atoms with Gasteiger partial charge in [0.2, 0.25) is 0 Å². The van der Waals surface area contributed by atoms with Crippen molar-refractivity contribution in [2.45, 2.75) is 128 Å². The molecule has 2 aliphatic heterocycles. The zero-order valence-corrected chi connectivity index (χ0v) is 21.8. The Bertz CT molecular complexity index is 784. The number of allylic oxidation sites excluding steroid dienone is 1. The Balaban J connectivity index is 1.18. The van der Waals surface area contributed by atoms with Crippen molar-refractivity contribution in [2.24, 2.45) is 28.6 Å². The van der Waals surface area contributed by atoms with E-state index in [0.29, 0.717) is 30.3 Å². The van der Waals surface area contributed by atoms with Crippen molar-refractivity contribution in [3.05, 3.63) is 11.6 Å². The van der Waals surface area contributed by atoms with Gasteiger partial charge in [0.05, 0.1) is 12.2 Å². The monoisotopic (exact) mass is 486 g/mol. The fourth-order valence-electron chi connectivity index (χ4n) is 9.28. The van der Waals surface area contributed by atoms with E-state index in [9.17, 15) is 4.79 Å². The van der Waals surface area contributed by atoms with Gasteiger partial charge in [0.1, 0.15) is 6.29 Å². The minimum Gasteiger partial charge on any atom is -0.353 e. The maximum absolute atomic E-state index is 12.0. The van der Waals surface area contributed by atoms with Crippen LogP contribution in [0.1, 0.15) is 103 Å². The van der Waals surface area contributed by atoms with Crippen LogP contribution in [0.25, 0.3) is 0 Å². The molecule has 0 aromatic rings. The van der Waals surface area contributed by atoms with E-state index in [4.69, 9.17) is 18.9 Å². The molecule has 2 saturated heterocycles. The van der Waals surface area contributed by atoms with Crippen LogP contribution in [0.15, 0.2) is 11.6 Å². The molecular weight excluding hydrogens is 440 g/mol. The van der Waals surface area contributed by atoms with E-state index in [-0.39, 0.29) is 29.5 Å². The fraction of sp³-hybridized carbons (Fsp3) is 0.900. The van der Waals surface area contributed by atoms with Crippen molar-refractivity contribution in [3.8, 4) is 0 Å². The Labute approximate surface area is 211 Å². The van der Waals surface area contributed by atoms with Gasteiger partial charge in [-0.3, -0.25) is 0 Å². The molecule has 35 heavy (non-hydrogen) atoms. The van der Waals surface area contributed by atoms with Crippen molar-refractivity contribution in [3.63, 3.8) is 0 Å². The SMILES string of the molecule is C[C@]12CCC3C(CC=C4C[C@@H](OC5CCCCO5)CC[C@@]43CC=O)C1CC[C@@H]2OC1CCCCO1. The third-order valence-electron chi connectivity index (χ3n) is 11.1. The summed E-state index contributed by atoms with van der Waals surface area (Å²) in [5, 5.41) is 0. The highest BCUT2D eigenvalue weighted by Gasteiger charge is 2.60. The van der Waals surface area contributed by atoms with E-state index >= 15 is 0 Å². The average Bonchev–Trinajstić information content (AvgIpc) is 3.21. The molecule has 9 atom stereocenters. The standard InChI is InChI=1S/C30H46O5/c1-29-14-13-25-23(24(29)10-11-26(29)35-28-7-3-5-19-33-28)9-8-21-20-22(12-15-30(21,25)16-17-31)34-27-6-2-4-18-32-27/h8,17,22-28H,2-7,9-16,18-20H2,1H3/t22-,23?,24?,25?,26-,27?,28?,29-,30+/m0/s1. The number of ether oxygens (including phenoxy) is 4. The lowest BCUT2D eigenvalue weighted by atomic mass is 9.46. The first-order valence-corrected chi connectivity index (χ1v) is 14.8. The zero-order chi connectivity index (χ0) is 23.9. The Morgan fingerprint density at radius 2 is 1.69 bits per heavy atom. The van der Waals surface area contributed by atoms with Gasteiger partial charge < -0.3 is 23.7 Å². The van der Waals surface area contributed by atoms with Crippen LogP contribution in [-0.4, -0.2) is 44.3 Å². The summed E-state index contributed by atoms with van der Waals surface area (Å²) in [5.74, 6) is 2.00. The number of hydrogen-bond acceptors (Lipinski definition) is 5. The summed E-state index contributed by atoms with van der Waals surface area (Å²) in [5.41, 5.74) is 1.84. The molecule has 5 unspecified atom stereocenters. The van der Waals surface area contributed by atoms with Crippen molar-refractivity contribution in [1.82, 2.24) is 0 Å². The summed E-state index contributed by atoms with van der Waals surface area (Å²) >= 11 is 0. The second-order valence-electron chi connectivity index (χ2n) is 12.7. The molecule has 0 aromatic carbocycles. The van der Waals surface area contributed by atoms with Crippen LogP contribution >= 0.6 is 0 Å². The van der Waals surface area contributed by atoms with Crippen molar-refractivity contribution >= 4 is 6.29 Å². The first-order chi connectivity index (χ1) is 17.1. The molecule has 0 aromatic heterocycles. The Hall–Kier alpha value is -0.750. The highest BCUT2D eigenvalue weighted by molar-refractivity contribution is 5.53. The molecule has 5 nitrogen and oxygen atoms in total. The molecule has 5 heteroatoms. The normalized spacial score (nSPS) is 47.8. The molecule has 4 aliphatic carbocycles. The van der Waals surface area contributed by atoms with Gasteiger partial charge in [-0.15, -0.1) is 0 Å². The number of fused-ring (bicyclic) bond motifs is 5. The minimum atomic E-state index is -0.0248. The molecule has 0 amide bonds. The van der Waals surface area contributed by atoms with Crippen molar-refractivity contribution in [1.29, 1.82) is 0 Å². The van der Waals surface area contributed by atoms with Crippen LogP contribution < -0.4 is 0 Å². The van der Waals surface area contributed by atoms with E-state index in [1.54, 1.807) is 0 Å². The lowest BCUT2D eigenvalue weighted by molar-refractivity contribution is -0.216. The molecule has 0 N–H and O–H groups in total. The van der Waals surface area contributed by atoms with E-state index in [0.717, 1.165) is 51.7 Å². The van der Waals surface area contributed by atoms with Gasteiger partial charge in [0, 0.05) is 25.0 Å². The maximum atomic E-state index is 12.0. The summed E-state index contributed by atoms with van der Waals surface area (Å²) in [6, 6.07) is 0. The number of carbonyl (C=O) groups is 1. The predicted octanol–water partition coefficient (Wildman–Crippen LogP) is 6.34. The van der Waals surface area contributed by atoms with Crippen LogP contribution in [0.2, 0.25) is 0 Å². The molecule has 6 rings (SSSR count). The quantitative estimate of drug-likeness (QED) is 0.324. The number of hydrogen-bond donors (Lipinski definition) is 0. The summed E-state index contributed by atoms with van der Waals surface area (Å²) < 4.78 is 24.9. The summed E-state index contributed by atoms with van der Waals surface area (Å²) in [4.78, 5) is 12.0. The lowest BCUT2D eigenvalue weighted by Gasteiger charge is -2.59. The summed E-state index contributed by atoms with van der Waals surface area (Å²) in [6.45, 7) is 4.19. The van der Waals surface area contributed by atoms with Gasteiger partial charge in [-0.25, -0.2) is 0 Å². The third kappa shape index (κ3) is 4.47. The van der Waals surface area contributed by atoms with E-state index in [2.05, 4.69) is 13.0 Å². The number of carbonyl (C=O) groups excluding carboxylic acids is 1. The van der Waals surface area contributed by atoms with E-state index in [1.165, 1.54) is 63.2 Å². The van der Waals surface area contributed by atoms with Gasteiger partial charge in [0.25, 0.3) is 0 Å². The van der Waals surface area contributed by atoms with Crippen molar-refractivity contribution < 1.29 is 23.7 Å².